The molecule has 0 bridgehead atoms. The summed E-state index contributed by atoms with van der Waals surface area (Å²) in [5, 5.41) is 0. The molecule has 2 spiro atoms. The number of hydrogen-bond acceptors (Lipinski definition) is 1. The first kappa shape index (κ1) is 37.3. The maximum Gasteiger partial charge on any atom is 0.0737 e. The molecule has 0 saturated carbocycles. The van der Waals surface area contributed by atoms with Crippen molar-refractivity contribution < 1.29 is 0 Å². The first-order valence-electron chi connectivity index (χ1n) is 24.2. The van der Waals surface area contributed by atoms with Crippen molar-refractivity contribution in [2.75, 3.05) is 4.90 Å². The fraction of sp³-hybridized carbons (Fsp3) is 0.0294. The maximum atomic E-state index is 2.51. The van der Waals surface area contributed by atoms with Crippen LogP contribution >= 0.6 is 0 Å². The van der Waals surface area contributed by atoms with Gasteiger partial charge < -0.3 is 4.90 Å². The zero-order valence-electron chi connectivity index (χ0n) is 37.6. The number of anilines is 3. The Morgan fingerprint density at radius 3 is 1.07 bits per heavy atom. The second kappa shape index (κ2) is 13.4. The minimum atomic E-state index is -0.435. The molecule has 11 aromatic carbocycles. The quantitative estimate of drug-likeness (QED) is 0.167. The second-order valence-corrected chi connectivity index (χ2v) is 19.4. The number of benzene rings is 11. The summed E-state index contributed by atoms with van der Waals surface area (Å²) in [5.74, 6) is 0. The third-order valence-electron chi connectivity index (χ3n) is 16.4. The van der Waals surface area contributed by atoms with Gasteiger partial charge in [-0.25, -0.2) is 0 Å². The lowest BCUT2D eigenvalue weighted by atomic mass is 9.70. The molecule has 0 heterocycles. The Morgan fingerprint density at radius 1 is 0.203 bits per heavy atom. The average Bonchev–Trinajstić information content (AvgIpc) is 4.18. The Balaban J connectivity index is 0.862. The van der Waals surface area contributed by atoms with Crippen molar-refractivity contribution in [3.63, 3.8) is 0 Å². The molecule has 0 saturated heterocycles. The van der Waals surface area contributed by atoms with Crippen molar-refractivity contribution in [2.45, 2.75) is 10.8 Å². The standard InChI is InChI=1S/C68H41N/c1-2-14-42(15-3-1)43-28-33-46(34-29-43)69(48-37-39-53-51-18-6-10-26-61(51)67(64(53)41-48)59-24-8-4-16-49(59)50-17-5-9-25-60(50)67)47-35-30-44(31-36-47)45-32-38-54-56-21-13-23-58-57-22-12-20-55-52-19-7-11-27-62(52)68(65(55)57,66(56)58)63(54)40-45/h1-41H. The van der Waals surface area contributed by atoms with E-state index >= 15 is 0 Å². The summed E-state index contributed by atoms with van der Waals surface area (Å²) in [7, 11) is 0. The molecule has 0 aliphatic heterocycles. The van der Waals surface area contributed by atoms with E-state index in [0.29, 0.717) is 0 Å². The van der Waals surface area contributed by atoms with Crippen LogP contribution in [-0.2, 0) is 10.8 Å². The van der Waals surface area contributed by atoms with Gasteiger partial charge >= 0.3 is 0 Å². The van der Waals surface area contributed by atoms with E-state index in [1.165, 1.54) is 122 Å². The molecule has 0 radical (unpaired) electrons. The fourth-order valence-electron chi connectivity index (χ4n) is 13.8. The van der Waals surface area contributed by atoms with Crippen LogP contribution in [0.4, 0.5) is 17.1 Å². The van der Waals surface area contributed by atoms with Gasteiger partial charge in [0, 0.05) is 17.1 Å². The number of rotatable bonds is 5. The van der Waals surface area contributed by atoms with Crippen molar-refractivity contribution in [1.29, 1.82) is 0 Å². The molecule has 1 unspecified atom stereocenters. The Bertz CT molecular complexity index is 3910. The van der Waals surface area contributed by atoms with Gasteiger partial charge in [0.2, 0.25) is 0 Å². The first-order chi connectivity index (χ1) is 34.2. The monoisotopic (exact) mass is 871 g/mol. The summed E-state index contributed by atoms with van der Waals surface area (Å²) in [6.07, 6.45) is 0. The van der Waals surface area contributed by atoms with Crippen molar-refractivity contribution in [3.8, 4) is 77.9 Å². The minimum Gasteiger partial charge on any atom is -0.310 e. The topological polar surface area (TPSA) is 3.24 Å². The van der Waals surface area contributed by atoms with Crippen LogP contribution < -0.4 is 4.90 Å². The predicted octanol–water partition coefficient (Wildman–Crippen LogP) is 17.2. The SMILES string of the molecule is c1ccc(-c2ccc(N(c3ccc(-c4ccc5c(c4)C46c7ccccc7-c7cccc(c74)-c4cccc-5c46)cc3)c3ccc4c(c3)C3(c5ccccc5-c5ccccc53)c3ccccc3-4)cc2)cc1. The van der Waals surface area contributed by atoms with Crippen LogP contribution in [-0.4, -0.2) is 0 Å². The van der Waals surface area contributed by atoms with Crippen LogP contribution in [0.2, 0.25) is 0 Å². The third-order valence-corrected chi connectivity index (χ3v) is 16.4. The molecule has 0 aromatic heterocycles. The van der Waals surface area contributed by atoms with Crippen LogP contribution in [0.25, 0.3) is 77.9 Å². The molecular weight excluding hydrogens is 831 g/mol. The molecule has 0 N–H and O–H groups in total. The molecule has 0 amide bonds. The molecule has 1 nitrogen and oxygen atoms in total. The lowest BCUT2D eigenvalue weighted by Crippen LogP contribution is -2.26. The molecular formula is C68H41N. The van der Waals surface area contributed by atoms with Gasteiger partial charge in [0.15, 0.2) is 0 Å². The van der Waals surface area contributed by atoms with E-state index in [-0.39, 0.29) is 5.41 Å². The lowest BCUT2D eigenvalue weighted by Gasteiger charge is -2.32. The third kappa shape index (κ3) is 4.60. The van der Waals surface area contributed by atoms with E-state index in [2.05, 4.69) is 254 Å². The van der Waals surface area contributed by atoms with E-state index in [9.17, 15) is 0 Å². The summed E-state index contributed by atoms with van der Waals surface area (Å²) < 4.78 is 0. The van der Waals surface area contributed by atoms with E-state index in [0.717, 1.165) is 17.1 Å². The van der Waals surface area contributed by atoms with Crippen molar-refractivity contribution >= 4 is 17.1 Å². The van der Waals surface area contributed by atoms with Crippen LogP contribution in [0, 0.1) is 0 Å². The zero-order valence-corrected chi connectivity index (χ0v) is 37.6. The summed E-state index contributed by atoms with van der Waals surface area (Å²) in [6, 6.07) is 93.8. The molecule has 1 atom stereocenters. The van der Waals surface area contributed by atoms with Crippen molar-refractivity contribution in [1.82, 2.24) is 0 Å². The molecule has 69 heavy (non-hydrogen) atoms. The van der Waals surface area contributed by atoms with Crippen molar-refractivity contribution in [3.05, 3.63) is 293 Å². The highest BCUT2D eigenvalue weighted by atomic mass is 15.1. The van der Waals surface area contributed by atoms with Crippen LogP contribution in [0.3, 0.4) is 0 Å². The fourth-order valence-corrected chi connectivity index (χ4v) is 13.8. The predicted molar refractivity (Wildman–Crippen MR) is 284 cm³/mol. The smallest absolute Gasteiger partial charge is 0.0737 e. The largest absolute Gasteiger partial charge is 0.310 e. The van der Waals surface area contributed by atoms with E-state index in [1.54, 1.807) is 0 Å². The highest BCUT2D eigenvalue weighted by molar-refractivity contribution is 6.06. The molecule has 5 aliphatic rings. The second-order valence-electron chi connectivity index (χ2n) is 19.4. The normalized spacial score (nSPS) is 15.7. The van der Waals surface area contributed by atoms with E-state index in [1.807, 2.05) is 0 Å². The van der Waals surface area contributed by atoms with Crippen LogP contribution in [0.15, 0.2) is 249 Å². The van der Waals surface area contributed by atoms with Gasteiger partial charge in [0.1, 0.15) is 0 Å². The minimum absolute atomic E-state index is 0.312. The number of hydrogen-bond donors (Lipinski definition) is 0. The Hall–Kier alpha value is -8.78. The number of nitrogens with zero attached hydrogens (tertiary/aromatic N) is 1. The van der Waals surface area contributed by atoms with Gasteiger partial charge in [0.05, 0.1) is 10.8 Å². The first-order valence-corrected chi connectivity index (χ1v) is 24.2. The molecule has 5 aliphatic carbocycles. The Kier molecular flexibility index (Phi) is 7.27. The van der Waals surface area contributed by atoms with Crippen LogP contribution in [0.5, 0.6) is 0 Å². The zero-order chi connectivity index (χ0) is 45.0. The van der Waals surface area contributed by atoms with E-state index in [4.69, 9.17) is 0 Å². The molecule has 16 rings (SSSR count). The van der Waals surface area contributed by atoms with E-state index < -0.39 is 5.41 Å². The van der Waals surface area contributed by atoms with Gasteiger partial charge in [-0.05, 0) is 165 Å². The summed E-state index contributed by atoms with van der Waals surface area (Å²) in [6.45, 7) is 0. The van der Waals surface area contributed by atoms with Crippen molar-refractivity contribution in [2.24, 2.45) is 0 Å². The molecule has 11 aromatic rings. The highest BCUT2D eigenvalue weighted by Crippen LogP contribution is 2.70. The van der Waals surface area contributed by atoms with Gasteiger partial charge in [-0.1, -0.05) is 206 Å². The van der Waals surface area contributed by atoms with Gasteiger partial charge in [-0.3, -0.25) is 0 Å². The molecule has 318 valence electrons. The Morgan fingerprint density at radius 2 is 0.536 bits per heavy atom. The van der Waals surface area contributed by atoms with Crippen LogP contribution in [0.1, 0.15) is 44.5 Å². The maximum absolute atomic E-state index is 2.51. The van der Waals surface area contributed by atoms with Gasteiger partial charge in [-0.2, -0.15) is 0 Å². The summed E-state index contributed by atoms with van der Waals surface area (Å²) in [4.78, 5) is 2.45. The Labute approximate surface area is 401 Å². The van der Waals surface area contributed by atoms with Gasteiger partial charge in [-0.15, -0.1) is 0 Å². The summed E-state index contributed by atoms with van der Waals surface area (Å²) in [5.41, 5.74) is 32.0. The number of fused-ring (bicyclic) bond motifs is 15. The molecule has 1 heteroatoms. The lowest BCUT2D eigenvalue weighted by molar-refractivity contribution is 0.793. The summed E-state index contributed by atoms with van der Waals surface area (Å²) >= 11 is 0. The molecule has 0 fully saturated rings. The average molecular weight is 872 g/mol. The van der Waals surface area contributed by atoms with Gasteiger partial charge in [0.25, 0.3) is 0 Å². The highest BCUT2D eigenvalue weighted by Gasteiger charge is 2.57.